The van der Waals surface area contributed by atoms with Crippen LogP contribution in [-0.2, 0) is 9.53 Å². The molecule has 0 radical (unpaired) electrons. The summed E-state index contributed by atoms with van der Waals surface area (Å²) in [7, 11) is 0. The van der Waals surface area contributed by atoms with Crippen LogP contribution in [0.15, 0.2) is 10.7 Å². The van der Waals surface area contributed by atoms with Gasteiger partial charge >= 0.3 is 5.97 Å². The van der Waals surface area contributed by atoms with Crippen molar-refractivity contribution in [1.29, 1.82) is 0 Å². The molecule has 0 spiro atoms. The van der Waals surface area contributed by atoms with Crippen molar-refractivity contribution in [2.45, 2.75) is 25.8 Å². The van der Waals surface area contributed by atoms with Crippen LogP contribution < -0.4 is 5.73 Å². The van der Waals surface area contributed by atoms with Crippen LogP contribution in [0.1, 0.15) is 42.2 Å². The van der Waals surface area contributed by atoms with Crippen LogP contribution in [0.2, 0.25) is 0 Å². The van der Waals surface area contributed by atoms with Crippen molar-refractivity contribution in [3.05, 3.63) is 17.8 Å². The number of amides is 1. The van der Waals surface area contributed by atoms with E-state index in [1.54, 1.807) is 11.8 Å². The maximum absolute atomic E-state index is 12.4. The third-order valence-electron chi connectivity index (χ3n) is 3.58. The molecule has 0 aliphatic carbocycles. The number of carbonyl (C=O) groups excluding carboxylic acids is 2. The molecule has 1 amide bonds. The molecule has 1 aromatic heterocycles. The molecule has 1 aliphatic heterocycles. The number of hydrogen-bond acceptors (Lipinski definition) is 7. The minimum absolute atomic E-state index is 0.116. The molecular weight excluding hydrogens is 290 g/mol. The van der Waals surface area contributed by atoms with E-state index >= 15 is 0 Å². The van der Waals surface area contributed by atoms with Gasteiger partial charge < -0.3 is 24.9 Å². The van der Waals surface area contributed by atoms with Gasteiger partial charge in [-0.25, -0.2) is 4.98 Å². The molecule has 0 saturated carbocycles. The van der Waals surface area contributed by atoms with E-state index in [4.69, 9.17) is 20.0 Å². The highest BCUT2D eigenvalue weighted by Crippen LogP contribution is 2.20. The molecule has 122 valence electrons. The van der Waals surface area contributed by atoms with Crippen molar-refractivity contribution in [3.8, 4) is 0 Å². The zero-order valence-corrected chi connectivity index (χ0v) is 12.5. The van der Waals surface area contributed by atoms with E-state index in [-0.39, 0.29) is 36.0 Å². The van der Waals surface area contributed by atoms with E-state index in [0.29, 0.717) is 26.1 Å². The van der Waals surface area contributed by atoms with Crippen molar-refractivity contribution < 1.29 is 23.8 Å². The molecule has 1 aliphatic rings. The number of hydrogen-bond donors (Lipinski definition) is 2. The number of carbonyl (C=O) groups is 2. The molecule has 8 nitrogen and oxygen atoms in total. The Balaban J connectivity index is 2.02. The number of aliphatic hydroxyl groups is 1. The third-order valence-corrected chi connectivity index (χ3v) is 3.58. The quantitative estimate of drug-likeness (QED) is 0.739. The second kappa shape index (κ2) is 7.37. The number of nitrogens with zero attached hydrogens (tertiary/aromatic N) is 2. The summed E-state index contributed by atoms with van der Waals surface area (Å²) in [6.45, 7) is 2.64. The van der Waals surface area contributed by atoms with Gasteiger partial charge in [0.2, 0.25) is 5.89 Å². The third kappa shape index (κ3) is 3.63. The predicted molar refractivity (Wildman–Crippen MR) is 75.8 cm³/mol. The van der Waals surface area contributed by atoms with Gasteiger partial charge in [-0.05, 0) is 19.8 Å². The number of aromatic nitrogens is 1. The van der Waals surface area contributed by atoms with Crippen molar-refractivity contribution >= 4 is 11.9 Å². The van der Waals surface area contributed by atoms with Crippen LogP contribution >= 0.6 is 0 Å². The SMILES string of the molecule is CCOC(=O)C1CCCN(C(=O)c2coc(C(N)CO)n2)C1. The first-order chi connectivity index (χ1) is 10.6. The predicted octanol–water partition coefficient (Wildman–Crippen LogP) is 0.0820. The molecule has 2 unspecified atom stereocenters. The molecular formula is C14H21N3O5. The molecule has 0 aromatic carbocycles. The smallest absolute Gasteiger partial charge is 0.310 e. The average molecular weight is 311 g/mol. The fourth-order valence-corrected chi connectivity index (χ4v) is 2.41. The van der Waals surface area contributed by atoms with Crippen molar-refractivity contribution in [2.24, 2.45) is 11.7 Å². The summed E-state index contributed by atoms with van der Waals surface area (Å²) in [5.74, 6) is -0.772. The highest BCUT2D eigenvalue weighted by molar-refractivity contribution is 5.92. The zero-order chi connectivity index (χ0) is 16.1. The first kappa shape index (κ1) is 16.4. The molecule has 1 saturated heterocycles. The molecule has 2 heterocycles. The lowest BCUT2D eigenvalue weighted by molar-refractivity contribution is -0.149. The molecule has 1 aromatic rings. The fourth-order valence-electron chi connectivity index (χ4n) is 2.41. The maximum atomic E-state index is 12.4. The number of esters is 1. The second-order valence-corrected chi connectivity index (χ2v) is 5.20. The van der Waals surface area contributed by atoms with E-state index in [1.165, 1.54) is 6.26 Å². The van der Waals surface area contributed by atoms with Gasteiger partial charge in [0.15, 0.2) is 5.69 Å². The maximum Gasteiger partial charge on any atom is 0.310 e. The summed E-state index contributed by atoms with van der Waals surface area (Å²) < 4.78 is 10.1. The Kier molecular flexibility index (Phi) is 5.51. The van der Waals surface area contributed by atoms with E-state index in [9.17, 15) is 9.59 Å². The van der Waals surface area contributed by atoms with Gasteiger partial charge in [0, 0.05) is 13.1 Å². The van der Waals surface area contributed by atoms with Crippen LogP contribution in [0, 0.1) is 5.92 Å². The summed E-state index contributed by atoms with van der Waals surface area (Å²) in [4.78, 5) is 29.8. The minimum Gasteiger partial charge on any atom is -0.466 e. The topological polar surface area (TPSA) is 119 Å². The molecule has 2 rings (SSSR count). The number of ether oxygens (including phenoxy) is 1. The van der Waals surface area contributed by atoms with E-state index in [1.807, 2.05) is 0 Å². The monoisotopic (exact) mass is 311 g/mol. The van der Waals surface area contributed by atoms with Gasteiger partial charge in [-0.15, -0.1) is 0 Å². The first-order valence-electron chi connectivity index (χ1n) is 7.34. The van der Waals surface area contributed by atoms with Crippen LogP contribution in [0.25, 0.3) is 0 Å². The van der Waals surface area contributed by atoms with Crippen molar-refractivity contribution in [2.75, 3.05) is 26.3 Å². The van der Waals surface area contributed by atoms with Gasteiger partial charge in [-0.3, -0.25) is 9.59 Å². The van der Waals surface area contributed by atoms with Crippen molar-refractivity contribution in [3.63, 3.8) is 0 Å². The Hall–Kier alpha value is -1.93. The highest BCUT2D eigenvalue weighted by Gasteiger charge is 2.31. The summed E-state index contributed by atoms with van der Waals surface area (Å²) in [6.07, 6.45) is 2.67. The van der Waals surface area contributed by atoms with Crippen LogP contribution in [0.5, 0.6) is 0 Å². The van der Waals surface area contributed by atoms with Crippen LogP contribution in [0.4, 0.5) is 0 Å². The van der Waals surface area contributed by atoms with Gasteiger partial charge in [0.05, 0.1) is 19.1 Å². The Morgan fingerprint density at radius 3 is 3.09 bits per heavy atom. The molecule has 0 bridgehead atoms. The Bertz CT molecular complexity index is 530. The number of rotatable bonds is 5. The summed E-state index contributed by atoms with van der Waals surface area (Å²) in [6, 6.07) is -0.754. The van der Waals surface area contributed by atoms with Gasteiger partial charge in [-0.1, -0.05) is 0 Å². The van der Waals surface area contributed by atoms with Crippen LogP contribution in [-0.4, -0.2) is 53.2 Å². The standard InChI is InChI=1S/C14H21N3O5/c1-2-21-14(20)9-4-3-5-17(6-9)13(19)11-8-22-12(16-11)10(15)7-18/h8-10,18H,2-7,15H2,1H3. The number of aliphatic hydroxyl groups excluding tert-OH is 1. The lowest BCUT2D eigenvalue weighted by atomic mass is 9.98. The van der Waals surface area contributed by atoms with Crippen molar-refractivity contribution in [1.82, 2.24) is 9.88 Å². The average Bonchev–Trinajstić information content (AvgIpc) is 3.03. The molecule has 1 fully saturated rings. The molecule has 3 N–H and O–H groups in total. The Labute approximate surface area is 128 Å². The minimum atomic E-state index is -0.754. The summed E-state index contributed by atoms with van der Waals surface area (Å²) in [5, 5.41) is 8.96. The zero-order valence-electron chi connectivity index (χ0n) is 12.5. The van der Waals surface area contributed by atoms with E-state index < -0.39 is 6.04 Å². The number of likely N-dealkylation sites (tertiary alicyclic amines) is 1. The number of piperidine rings is 1. The molecule has 22 heavy (non-hydrogen) atoms. The van der Waals surface area contributed by atoms with Gasteiger partial charge in [-0.2, -0.15) is 0 Å². The summed E-state index contributed by atoms with van der Waals surface area (Å²) in [5.41, 5.74) is 5.72. The number of oxazole rings is 1. The summed E-state index contributed by atoms with van der Waals surface area (Å²) >= 11 is 0. The fraction of sp³-hybridized carbons (Fsp3) is 0.643. The largest absolute Gasteiger partial charge is 0.466 e. The lowest BCUT2D eigenvalue weighted by Gasteiger charge is -2.30. The Morgan fingerprint density at radius 2 is 2.41 bits per heavy atom. The number of nitrogens with two attached hydrogens (primary N) is 1. The first-order valence-corrected chi connectivity index (χ1v) is 7.34. The van der Waals surface area contributed by atoms with Crippen LogP contribution in [0.3, 0.4) is 0 Å². The highest BCUT2D eigenvalue weighted by atomic mass is 16.5. The molecule has 2 atom stereocenters. The van der Waals surface area contributed by atoms with E-state index in [0.717, 1.165) is 6.42 Å². The lowest BCUT2D eigenvalue weighted by Crippen LogP contribution is -2.43. The van der Waals surface area contributed by atoms with E-state index in [2.05, 4.69) is 4.98 Å². The Morgan fingerprint density at radius 1 is 1.64 bits per heavy atom. The second-order valence-electron chi connectivity index (χ2n) is 5.20. The van der Waals surface area contributed by atoms with Gasteiger partial charge in [0.25, 0.3) is 5.91 Å². The molecule has 8 heteroatoms. The van der Waals surface area contributed by atoms with Gasteiger partial charge in [0.1, 0.15) is 12.3 Å². The normalized spacial score (nSPS) is 19.8.